The summed E-state index contributed by atoms with van der Waals surface area (Å²) in [6.45, 7) is 8.03. The van der Waals surface area contributed by atoms with Crippen LogP contribution in [-0.4, -0.2) is 45.2 Å². The van der Waals surface area contributed by atoms with Crippen LogP contribution in [0.2, 0.25) is 0 Å². The molecule has 0 saturated carbocycles. The standard InChI is InChI=1S/C13H27NO3S/c1-11(2)6-8-18(15,16)12(3)9-14-10-13-5-4-7-17-13/h11-14H,4-10H2,1-3H3. The quantitative estimate of drug-likeness (QED) is 0.732. The van der Waals surface area contributed by atoms with E-state index >= 15 is 0 Å². The van der Waals surface area contributed by atoms with Crippen LogP contribution in [0.1, 0.15) is 40.0 Å². The molecule has 0 amide bonds. The Morgan fingerprint density at radius 3 is 2.61 bits per heavy atom. The Balaban J connectivity index is 2.23. The second-order valence-electron chi connectivity index (χ2n) is 5.65. The highest BCUT2D eigenvalue weighted by atomic mass is 32.2. The Morgan fingerprint density at radius 1 is 1.33 bits per heavy atom. The molecular formula is C13H27NO3S. The van der Waals surface area contributed by atoms with E-state index in [0.29, 0.717) is 18.2 Å². The van der Waals surface area contributed by atoms with Crippen LogP contribution in [0.5, 0.6) is 0 Å². The van der Waals surface area contributed by atoms with Crippen molar-refractivity contribution in [3.05, 3.63) is 0 Å². The van der Waals surface area contributed by atoms with Gasteiger partial charge in [-0.3, -0.25) is 0 Å². The highest BCUT2D eigenvalue weighted by Gasteiger charge is 2.21. The molecule has 108 valence electrons. The fourth-order valence-electron chi connectivity index (χ4n) is 1.98. The summed E-state index contributed by atoms with van der Waals surface area (Å²) in [6.07, 6.45) is 3.23. The third kappa shape index (κ3) is 5.67. The molecule has 5 heteroatoms. The van der Waals surface area contributed by atoms with Crippen LogP contribution in [0.15, 0.2) is 0 Å². The first-order valence-electron chi connectivity index (χ1n) is 6.95. The summed E-state index contributed by atoms with van der Waals surface area (Å²) in [7, 11) is -2.95. The first-order chi connectivity index (χ1) is 8.42. The molecule has 0 bridgehead atoms. The van der Waals surface area contributed by atoms with Crippen molar-refractivity contribution < 1.29 is 13.2 Å². The fraction of sp³-hybridized carbons (Fsp3) is 1.00. The van der Waals surface area contributed by atoms with E-state index in [-0.39, 0.29) is 11.4 Å². The topological polar surface area (TPSA) is 55.4 Å². The monoisotopic (exact) mass is 277 g/mol. The molecule has 1 aliphatic heterocycles. The van der Waals surface area contributed by atoms with Gasteiger partial charge < -0.3 is 10.1 Å². The number of hydrogen-bond donors (Lipinski definition) is 1. The maximum Gasteiger partial charge on any atom is 0.154 e. The van der Waals surface area contributed by atoms with Crippen molar-refractivity contribution in [3.8, 4) is 0 Å². The van der Waals surface area contributed by atoms with E-state index in [9.17, 15) is 8.42 Å². The number of nitrogens with one attached hydrogen (secondary N) is 1. The van der Waals surface area contributed by atoms with Crippen LogP contribution in [0.4, 0.5) is 0 Å². The van der Waals surface area contributed by atoms with E-state index < -0.39 is 9.84 Å². The number of rotatable bonds is 8. The Hall–Kier alpha value is -0.130. The van der Waals surface area contributed by atoms with Crippen LogP contribution < -0.4 is 5.32 Å². The smallest absolute Gasteiger partial charge is 0.154 e. The fourth-order valence-corrected chi connectivity index (χ4v) is 3.56. The van der Waals surface area contributed by atoms with Gasteiger partial charge in [-0.05, 0) is 32.1 Å². The predicted molar refractivity (Wildman–Crippen MR) is 74.5 cm³/mol. The molecule has 2 unspecified atom stereocenters. The van der Waals surface area contributed by atoms with Crippen LogP contribution in [0, 0.1) is 5.92 Å². The van der Waals surface area contributed by atoms with Crippen LogP contribution >= 0.6 is 0 Å². The maximum atomic E-state index is 12.0. The van der Waals surface area contributed by atoms with Crippen molar-refractivity contribution in [3.63, 3.8) is 0 Å². The summed E-state index contributed by atoms with van der Waals surface area (Å²) in [5.41, 5.74) is 0. The SMILES string of the molecule is CC(C)CCS(=O)(=O)C(C)CNCC1CCCO1. The molecule has 0 aromatic carbocycles. The van der Waals surface area contributed by atoms with Crippen molar-refractivity contribution in [1.29, 1.82) is 0 Å². The van der Waals surface area contributed by atoms with Crippen molar-refractivity contribution in [2.75, 3.05) is 25.4 Å². The molecule has 0 aliphatic carbocycles. The molecule has 0 spiro atoms. The van der Waals surface area contributed by atoms with Gasteiger partial charge >= 0.3 is 0 Å². The molecule has 0 aromatic heterocycles. The van der Waals surface area contributed by atoms with Crippen LogP contribution in [0.25, 0.3) is 0 Å². The van der Waals surface area contributed by atoms with Gasteiger partial charge in [0.15, 0.2) is 9.84 Å². The van der Waals surface area contributed by atoms with Crippen molar-refractivity contribution in [2.45, 2.75) is 51.4 Å². The summed E-state index contributed by atoms with van der Waals surface area (Å²) in [5, 5.41) is 2.91. The van der Waals surface area contributed by atoms with Gasteiger partial charge in [-0.25, -0.2) is 8.42 Å². The van der Waals surface area contributed by atoms with E-state index in [1.54, 1.807) is 6.92 Å². The Kier molecular flexibility index (Phi) is 6.60. The molecule has 4 nitrogen and oxygen atoms in total. The van der Waals surface area contributed by atoms with Gasteiger partial charge in [0.2, 0.25) is 0 Å². The first kappa shape index (κ1) is 15.9. The van der Waals surface area contributed by atoms with Gasteiger partial charge in [0.1, 0.15) is 0 Å². The minimum absolute atomic E-state index is 0.274. The van der Waals surface area contributed by atoms with Crippen LogP contribution in [0.3, 0.4) is 0 Å². The number of sulfone groups is 1. The minimum Gasteiger partial charge on any atom is -0.377 e. The zero-order valence-corrected chi connectivity index (χ0v) is 12.6. The third-order valence-corrected chi connectivity index (χ3v) is 5.62. The predicted octanol–water partition coefficient (Wildman–Crippen LogP) is 1.60. The van der Waals surface area contributed by atoms with E-state index in [4.69, 9.17) is 4.74 Å². The van der Waals surface area contributed by atoms with Crippen molar-refractivity contribution >= 4 is 9.84 Å². The summed E-state index contributed by atoms with van der Waals surface area (Å²) in [6, 6.07) is 0. The van der Waals surface area contributed by atoms with E-state index in [0.717, 1.165) is 32.4 Å². The van der Waals surface area contributed by atoms with E-state index in [1.807, 2.05) is 0 Å². The molecule has 1 N–H and O–H groups in total. The number of ether oxygens (including phenoxy) is 1. The molecule has 2 atom stereocenters. The number of hydrogen-bond acceptors (Lipinski definition) is 4. The molecule has 1 heterocycles. The normalized spacial score (nSPS) is 22.6. The average molecular weight is 277 g/mol. The van der Waals surface area contributed by atoms with Crippen molar-refractivity contribution in [1.82, 2.24) is 5.32 Å². The first-order valence-corrected chi connectivity index (χ1v) is 8.67. The summed E-state index contributed by atoms with van der Waals surface area (Å²) in [5.74, 6) is 0.736. The van der Waals surface area contributed by atoms with Crippen molar-refractivity contribution in [2.24, 2.45) is 5.92 Å². The minimum atomic E-state index is -2.95. The molecule has 18 heavy (non-hydrogen) atoms. The van der Waals surface area contributed by atoms with E-state index in [2.05, 4.69) is 19.2 Å². The lowest BCUT2D eigenvalue weighted by molar-refractivity contribution is 0.110. The van der Waals surface area contributed by atoms with Gasteiger partial charge in [-0.1, -0.05) is 13.8 Å². The van der Waals surface area contributed by atoms with Gasteiger partial charge in [-0.2, -0.15) is 0 Å². The van der Waals surface area contributed by atoms with Crippen LogP contribution in [-0.2, 0) is 14.6 Å². The largest absolute Gasteiger partial charge is 0.377 e. The molecule has 1 rings (SSSR count). The lowest BCUT2D eigenvalue weighted by Gasteiger charge is -2.16. The zero-order chi connectivity index (χ0) is 13.6. The third-order valence-electron chi connectivity index (χ3n) is 3.42. The molecule has 1 saturated heterocycles. The summed E-state index contributed by atoms with van der Waals surface area (Å²) < 4.78 is 29.5. The van der Waals surface area contributed by atoms with Gasteiger partial charge in [0, 0.05) is 19.7 Å². The second-order valence-corrected chi connectivity index (χ2v) is 8.19. The molecule has 1 fully saturated rings. The van der Waals surface area contributed by atoms with Gasteiger partial charge in [0.05, 0.1) is 17.1 Å². The second kappa shape index (κ2) is 7.46. The molecule has 0 radical (unpaired) electrons. The average Bonchev–Trinajstić information content (AvgIpc) is 2.79. The van der Waals surface area contributed by atoms with E-state index in [1.165, 1.54) is 0 Å². The molecule has 1 aliphatic rings. The summed E-state index contributed by atoms with van der Waals surface area (Å²) in [4.78, 5) is 0. The highest BCUT2D eigenvalue weighted by molar-refractivity contribution is 7.92. The molecule has 0 aromatic rings. The zero-order valence-electron chi connectivity index (χ0n) is 11.8. The Labute approximate surface area is 111 Å². The Morgan fingerprint density at radius 2 is 2.06 bits per heavy atom. The highest BCUT2D eigenvalue weighted by Crippen LogP contribution is 2.11. The molecular weight excluding hydrogens is 250 g/mol. The lowest BCUT2D eigenvalue weighted by Crippen LogP contribution is -2.36. The Bertz CT molecular complexity index is 321. The van der Waals surface area contributed by atoms with Gasteiger partial charge in [-0.15, -0.1) is 0 Å². The van der Waals surface area contributed by atoms with Gasteiger partial charge in [0.25, 0.3) is 0 Å². The maximum absolute atomic E-state index is 12.0. The lowest BCUT2D eigenvalue weighted by atomic mass is 10.2. The summed E-state index contributed by atoms with van der Waals surface area (Å²) >= 11 is 0.